The molecule has 4 aliphatic rings. The van der Waals surface area contributed by atoms with Gasteiger partial charge in [-0.15, -0.1) is 11.8 Å². The van der Waals surface area contributed by atoms with Crippen molar-refractivity contribution in [2.45, 2.75) is 37.5 Å². The highest BCUT2D eigenvalue weighted by Gasteiger charge is 2.49. The lowest BCUT2D eigenvalue weighted by molar-refractivity contribution is -0.114. The topological polar surface area (TPSA) is 79.7 Å². The van der Waals surface area contributed by atoms with Crippen molar-refractivity contribution in [2.24, 2.45) is 23.7 Å². The Kier molecular flexibility index (Phi) is 8.05. The zero-order valence-corrected chi connectivity index (χ0v) is 25.4. The number of aliphatic hydroxyl groups is 2. The number of carbonyl (C=O) groups excluding carboxylic acids is 1. The van der Waals surface area contributed by atoms with Crippen LogP contribution in [0.15, 0.2) is 108 Å². The fourth-order valence-corrected chi connectivity index (χ4v) is 8.39. The summed E-state index contributed by atoms with van der Waals surface area (Å²) in [6, 6.07) is 10.1. The molecule has 7 heteroatoms. The van der Waals surface area contributed by atoms with Gasteiger partial charge in [-0.25, -0.2) is 9.37 Å². The molecule has 5 nitrogen and oxygen atoms in total. The maximum Gasteiger partial charge on any atom is 0.212 e. The third kappa shape index (κ3) is 5.45. The molecule has 2 aromatic rings. The Balaban J connectivity index is 1.30. The van der Waals surface area contributed by atoms with Crippen molar-refractivity contribution >= 4 is 17.5 Å². The molecule has 4 aliphatic carbocycles. The molecule has 1 aromatic heterocycles. The van der Waals surface area contributed by atoms with Gasteiger partial charge in [-0.2, -0.15) is 0 Å². The largest absolute Gasteiger partial charge is 0.512 e. The summed E-state index contributed by atoms with van der Waals surface area (Å²) >= 11 is 1.47. The number of nitrogens with zero attached hydrogens (tertiary/aromatic N) is 1. The lowest BCUT2D eigenvalue weighted by Crippen LogP contribution is -2.34. The number of aromatic nitrogens is 1. The summed E-state index contributed by atoms with van der Waals surface area (Å²) in [7, 11) is 1.59. The van der Waals surface area contributed by atoms with Gasteiger partial charge >= 0.3 is 0 Å². The number of pyridine rings is 1. The van der Waals surface area contributed by atoms with Crippen LogP contribution in [0.25, 0.3) is 11.1 Å². The average molecular weight is 598 g/mol. The molecule has 1 heterocycles. The minimum Gasteiger partial charge on any atom is -0.512 e. The zero-order chi connectivity index (χ0) is 30.4. The van der Waals surface area contributed by atoms with E-state index in [-0.39, 0.29) is 41.2 Å². The first-order valence-electron chi connectivity index (χ1n) is 14.7. The van der Waals surface area contributed by atoms with E-state index in [9.17, 15) is 19.4 Å². The molecule has 1 aromatic carbocycles. The Morgan fingerprint density at radius 1 is 1.19 bits per heavy atom. The van der Waals surface area contributed by atoms with Crippen LogP contribution in [-0.2, 0) is 4.79 Å². The third-order valence-electron chi connectivity index (χ3n) is 9.27. The number of hydrogen-bond donors (Lipinski definition) is 2. The average Bonchev–Trinajstić information content (AvgIpc) is 3.22. The molecule has 7 atom stereocenters. The molecule has 0 bridgehead atoms. The van der Waals surface area contributed by atoms with Gasteiger partial charge in [-0.1, -0.05) is 55.5 Å². The molecule has 43 heavy (non-hydrogen) atoms. The van der Waals surface area contributed by atoms with E-state index in [0.29, 0.717) is 29.4 Å². The first kappa shape index (κ1) is 29.4. The van der Waals surface area contributed by atoms with E-state index in [2.05, 4.69) is 43.6 Å². The minimum absolute atomic E-state index is 0.00384. The van der Waals surface area contributed by atoms with Crippen molar-refractivity contribution in [2.75, 3.05) is 12.9 Å². The summed E-state index contributed by atoms with van der Waals surface area (Å²) in [5, 5.41) is 20.9. The fourth-order valence-electron chi connectivity index (χ4n) is 6.98. The van der Waals surface area contributed by atoms with Crippen LogP contribution in [0.4, 0.5) is 4.39 Å². The van der Waals surface area contributed by atoms with Gasteiger partial charge in [0, 0.05) is 53.7 Å². The number of Topliss-reactive ketones (excluding diaryl/α,β-unsaturated/α-hetero) is 1. The Morgan fingerprint density at radius 3 is 2.65 bits per heavy atom. The van der Waals surface area contributed by atoms with Crippen molar-refractivity contribution in [1.29, 1.82) is 0 Å². The SMILES string of the molecule is C=C1C(=O)C(SC[C@H](O)C2=C[C@@H]3C=C(F)C=CC23)[C@@H](C2=CC=C(O)C[C@@H]2C)C1c1ccc(-c2ccc(OC)nc2)cc1C. The number of benzene rings is 1. The van der Waals surface area contributed by atoms with Gasteiger partial charge in [0.2, 0.25) is 5.88 Å². The van der Waals surface area contributed by atoms with E-state index in [1.807, 2.05) is 30.4 Å². The number of hydrogen-bond acceptors (Lipinski definition) is 6. The van der Waals surface area contributed by atoms with Crippen LogP contribution in [-0.4, -0.2) is 45.2 Å². The Labute approximate surface area is 256 Å². The number of thioether (sulfide) groups is 1. The smallest absolute Gasteiger partial charge is 0.212 e. The molecular weight excluding hydrogens is 561 g/mol. The summed E-state index contributed by atoms with van der Waals surface area (Å²) in [4.78, 5) is 18.3. The molecule has 0 aliphatic heterocycles. The second-order valence-corrected chi connectivity index (χ2v) is 13.1. The second-order valence-electron chi connectivity index (χ2n) is 11.9. The summed E-state index contributed by atoms with van der Waals surface area (Å²) in [5.41, 5.74) is 6.67. The number of aliphatic hydroxyl groups excluding tert-OH is 2. The van der Waals surface area contributed by atoms with Gasteiger partial charge < -0.3 is 14.9 Å². The fraction of sp³-hybridized carbons (Fsp3) is 0.333. The van der Waals surface area contributed by atoms with Gasteiger partial charge in [-0.05, 0) is 65.0 Å². The molecule has 1 fully saturated rings. The van der Waals surface area contributed by atoms with Crippen molar-refractivity contribution < 1.29 is 24.1 Å². The minimum atomic E-state index is -0.730. The molecule has 222 valence electrons. The number of methoxy groups -OCH3 is 1. The highest BCUT2D eigenvalue weighted by molar-refractivity contribution is 8.00. The maximum absolute atomic E-state index is 13.9. The number of aryl methyl sites for hydroxylation is 1. The second kappa shape index (κ2) is 11.8. The number of ketones is 1. The van der Waals surface area contributed by atoms with Gasteiger partial charge in [0.1, 0.15) is 5.83 Å². The molecule has 3 unspecified atom stereocenters. The monoisotopic (exact) mass is 597 g/mol. The molecule has 0 spiro atoms. The highest BCUT2D eigenvalue weighted by Crippen LogP contribution is 2.53. The van der Waals surface area contributed by atoms with Crippen LogP contribution in [0, 0.1) is 30.6 Å². The molecular formula is C36H36FNO4S. The number of rotatable bonds is 8. The predicted molar refractivity (Wildman–Crippen MR) is 170 cm³/mol. The Bertz CT molecular complexity index is 1620. The van der Waals surface area contributed by atoms with E-state index < -0.39 is 11.4 Å². The quantitative estimate of drug-likeness (QED) is 0.244. The van der Waals surface area contributed by atoms with Crippen molar-refractivity contribution in [3.8, 4) is 17.0 Å². The van der Waals surface area contributed by atoms with Crippen LogP contribution in [0.2, 0.25) is 0 Å². The Morgan fingerprint density at radius 2 is 1.98 bits per heavy atom. The number of ether oxygens (including phenoxy) is 1. The van der Waals surface area contributed by atoms with Crippen LogP contribution in [0.1, 0.15) is 30.4 Å². The third-order valence-corrected chi connectivity index (χ3v) is 10.6. The molecule has 0 saturated heterocycles. The number of halogens is 1. The van der Waals surface area contributed by atoms with Crippen molar-refractivity contribution in [3.63, 3.8) is 0 Å². The molecule has 2 N–H and O–H groups in total. The normalized spacial score (nSPS) is 28.8. The van der Waals surface area contributed by atoms with E-state index in [1.54, 1.807) is 25.5 Å². The first-order valence-corrected chi connectivity index (χ1v) is 15.7. The van der Waals surface area contributed by atoms with Gasteiger partial charge in [-0.3, -0.25) is 4.79 Å². The summed E-state index contributed by atoms with van der Waals surface area (Å²) < 4.78 is 18.8. The number of fused-ring (bicyclic) bond motifs is 1. The molecule has 1 saturated carbocycles. The molecule has 0 amide bonds. The molecule has 0 radical (unpaired) electrons. The van der Waals surface area contributed by atoms with Crippen LogP contribution in [0.5, 0.6) is 5.88 Å². The van der Waals surface area contributed by atoms with E-state index in [1.165, 1.54) is 17.8 Å². The zero-order valence-electron chi connectivity index (χ0n) is 24.5. The van der Waals surface area contributed by atoms with E-state index >= 15 is 0 Å². The van der Waals surface area contributed by atoms with E-state index in [0.717, 1.165) is 33.4 Å². The van der Waals surface area contributed by atoms with Crippen LogP contribution < -0.4 is 4.74 Å². The summed E-state index contributed by atoms with van der Waals surface area (Å²) in [6.07, 6.45) is 12.1. The van der Waals surface area contributed by atoms with E-state index in [4.69, 9.17) is 4.74 Å². The molecule has 6 rings (SSSR count). The van der Waals surface area contributed by atoms with Gasteiger partial charge in [0.25, 0.3) is 0 Å². The lowest BCUT2D eigenvalue weighted by atomic mass is 9.70. The number of allylic oxidation sites excluding steroid dienone is 10. The van der Waals surface area contributed by atoms with Gasteiger partial charge in [0.15, 0.2) is 5.78 Å². The summed E-state index contributed by atoms with van der Waals surface area (Å²) in [5.74, 6) is 0.647. The standard InChI is InChI=1S/C36H36FNO4S/c1-19-13-22(23-6-12-32(42-4)38-17-23)5-9-27(19)33-21(3)35(41)36(34(33)28-11-8-26(39)14-20(28)2)43-18-31(40)30-16-24-15-25(37)7-10-29(24)30/h5-13,15-17,20,24,29,31,33-34,36,39-40H,3,14,18H2,1-2,4H3/t20-,24-,29?,31-,33?,34-,36?/m0/s1. The summed E-state index contributed by atoms with van der Waals surface area (Å²) in [6.45, 7) is 8.46. The van der Waals surface area contributed by atoms with Crippen molar-refractivity contribution in [1.82, 2.24) is 4.98 Å². The van der Waals surface area contributed by atoms with Crippen molar-refractivity contribution in [3.05, 3.63) is 119 Å². The lowest BCUT2D eigenvalue weighted by Gasteiger charge is -2.37. The Hall–Kier alpha value is -3.68. The number of carbonyl (C=O) groups is 1. The maximum atomic E-state index is 13.9. The first-order chi connectivity index (χ1) is 20.7. The highest BCUT2D eigenvalue weighted by atomic mass is 32.2. The van der Waals surface area contributed by atoms with Crippen LogP contribution >= 0.6 is 11.8 Å². The van der Waals surface area contributed by atoms with Crippen LogP contribution in [0.3, 0.4) is 0 Å². The van der Waals surface area contributed by atoms with Gasteiger partial charge in [0.05, 0.1) is 24.2 Å². The predicted octanol–water partition coefficient (Wildman–Crippen LogP) is 7.37.